The first-order valence-electron chi connectivity index (χ1n) is 3.80. The summed E-state index contributed by atoms with van der Waals surface area (Å²) in [4.78, 5) is 7.28. The van der Waals surface area contributed by atoms with Crippen LogP contribution in [0.5, 0.6) is 0 Å². The second kappa shape index (κ2) is 3.49. The van der Waals surface area contributed by atoms with E-state index in [0.29, 0.717) is 4.47 Å². The first-order valence-corrected chi connectivity index (χ1v) is 4.59. The van der Waals surface area contributed by atoms with Gasteiger partial charge in [-0.25, -0.2) is 9.97 Å². The maximum absolute atomic E-state index is 12.5. The zero-order chi connectivity index (χ0) is 11.0. The van der Waals surface area contributed by atoms with E-state index < -0.39 is 11.6 Å². The number of rotatable bonds is 1. The van der Waals surface area contributed by atoms with E-state index in [1.54, 1.807) is 0 Å². The predicted octanol–water partition coefficient (Wildman–Crippen LogP) is 3.08. The zero-order valence-corrected chi connectivity index (χ0v) is 9.15. The van der Waals surface area contributed by atoms with Crippen LogP contribution in [0.1, 0.15) is 19.7 Å². The minimum Gasteiger partial charge on any atom is -0.239 e. The summed E-state index contributed by atoms with van der Waals surface area (Å²) >= 11 is 3.06. The van der Waals surface area contributed by atoms with Crippen LogP contribution in [0.4, 0.5) is 13.2 Å². The summed E-state index contributed by atoms with van der Waals surface area (Å²) in [5, 5.41) is 0. The highest BCUT2D eigenvalue weighted by atomic mass is 79.9. The highest BCUT2D eigenvalue weighted by Crippen LogP contribution is 2.38. The van der Waals surface area contributed by atoms with Gasteiger partial charge in [-0.2, -0.15) is 13.2 Å². The van der Waals surface area contributed by atoms with Crippen LogP contribution in [0.3, 0.4) is 0 Å². The van der Waals surface area contributed by atoms with Gasteiger partial charge in [-0.3, -0.25) is 0 Å². The Balaban J connectivity index is 3.10. The van der Waals surface area contributed by atoms with E-state index in [4.69, 9.17) is 0 Å². The molecule has 0 aliphatic carbocycles. The van der Waals surface area contributed by atoms with Gasteiger partial charge in [0.1, 0.15) is 11.2 Å². The molecule has 2 nitrogen and oxygen atoms in total. The standard InChI is InChI=1S/C8H8BrF3N2/c1-7(2,8(10,11)12)6-13-3-5(9)4-14-6/h3-4H,1-2H3. The molecule has 0 radical (unpaired) electrons. The van der Waals surface area contributed by atoms with Gasteiger partial charge in [-0.05, 0) is 29.8 Å². The van der Waals surface area contributed by atoms with Crippen molar-refractivity contribution in [3.8, 4) is 0 Å². The molecule has 0 aliphatic rings. The summed E-state index contributed by atoms with van der Waals surface area (Å²) in [6, 6.07) is 0. The molecule has 0 saturated heterocycles. The van der Waals surface area contributed by atoms with Crippen LogP contribution in [-0.2, 0) is 5.41 Å². The molecule has 1 aromatic rings. The van der Waals surface area contributed by atoms with Crippen molar-refractivity contribution < 1.29 is 13.2 Å². The van der Waals surface area contributed by atoms with Crippen molar-refractivity contribution in [1.82, 2.24) is 9.97 Å². The lowest BCUT2D eigenvalue weighted by Crippen LogP contribution is -2.38. The largest absolute Gasteiger partial charge is 0.400 e. The Labute approximate surface area is 87.7 Å². The monoisotopic (exact) mass is 268 g/mol. The van der Waals surface area contributed by atoms with Gasteiger partial charge in [0, 0.05) is 12.4 Å². The lowest BCUT2D eigenvalue weighted by Gasteiger charge is -2.25. The Morgan fingerprint density at radius 3 is 1.93 bits per heavy atom. The molecule has 0 spiro atoms. The van der Waals surface area contributed by atoms with Crippen molar-refractivity contribution in [2.75, 3.05) is 0 Å². The molecular weight excluding hydrogens is 261 g/mol. The van der Waals surface area contributed by atoms with Crippen LogP contribution in [0.15, 0.2) is 16.9 Å². The van der Waals surface area contributed by atoms with E-state index in [-0.39, 0.29) is 5.82 Å². The second-order valence-electron chi connectivity index (χ2n) is 3.35. The molecule has 78 valence electrons. The smallest absolute Gasteiger partial charge is 0.239 e. The summed E-state index contributed by atoms with van der Waals surface area (Å²) in [5.74, 6) is -0.229. The summed E-state index contributed by atoms with van der Waals surface area (Å²) in [5.41, 5.74) is -2.02. The number of hydrogen-bond donors (Lipinski definition) is 0. The van der Waals surface area contributed by atoms with E-state index in [1.807, 2.05) is 0 Å². The van der Waals surface area contributed by atoms with Crippen LogP contribution in [0.25, 0.3) is 0 Å². The Morgan fingerprint density at radius 2 is 1.57 bits per heavy atom. The number of halogens is 4. The average molecular weight is 269 g/mol. The number of hydrogen-bond acceptors (Lipinski definition) is 2. The van der Waals surface area contributed by atoms with Gasteiger partial charge < -0.3 is 0 Å². The molecule has 0 aromatic carbocycles. The van der Waals surface area contributed by atoms with Gasteiger partial charge in [0.05, 0.1) is 4.47 Å². The number of nitrogens with zero attached hydrogens (tertiary/aromatic N) is 2. The summed E-state index contributed by atoms with van der Waals surface area (Å²) < 4.78 is 38.1. The lowest BCUT2D eigenvalue weighted by atomic mass is 9.92. The van der Waals surface area contributed by atoms with Crippen molar-refractivity contribution in [3.05, 3.63) is 22.7 Å². The second-order valence-corrected chi connectivity index (χ2v) is 4.26. The molecule has 6 heteroatoms. The maximum Gasteiger partial charge on any atom is 0.400 e. The third kappa shape index (κ3) is 2.05. The summed E-state index contributed by atoms with van der Waals surface area (Å²) in [6.07, 6.45) is -1.74. The van der Waals surface area contributed by atoms with E-state index in [1.165, 1.54) is 12.4 Å². The van der Waals surface area contributed by atoms with Gasteiger partial charge in [-0.1, -0.05) is 0 Å². The minimum atomic E-state index is -4.35. The molecule has 0 bridgehead atoms. The molecule has 0 unspecified atom stereocenters. The molecule has 1 rings (SSSR count). The predicted molar refractivity (Wildman–Crippen MR) is 48.8 cm³/mol. The molecule has 0 fully saturated rings. The van der Waals surface area contributed by atoms with E-state index in [9.17, 15) is 13.2 Å². The van der Waals surface area contributed by atoms with Crippen molar-refractivity contribution in [2.24, 2.45) is 0 Å². The highest BCUT2D eigenvalue weighted by Gasteiger charge is 2.50. The van der Waals surface area contributed by atoms with E-state index in [0.717, 1.165) is 13.8 Å². The molecule has 14 heavy (non-hydrogen) atoms. The van der Waals surface area contributed by atoms with Gasteiger partial charge in [0.25, 0.3) is 0 Å². The third-order valence-corrected chi connectivity index (χ3v) is 2.30. The third-order valence-electron chi connectivity index (χ3n) is 1.89. The topological polar surface area (TPSA) is 25.8 Å². The zero-order valence-electron chi connectivity index (χ0n) is 7.56. The SMILES string of the molecule is CC(C)(c1ncc(Br)cn1)C(F)(F)F. The maximum atomic E-state index is 12.5. The molecule has 0 atom stereocenters. The van der Waals surface area contributed by atoms with E-state index >= 15 is 0 Å². The summed E-state index contributed by atoms with van der Waals surface area (Å²) in [7, 11) is 0. The Bertz CT molecular complexity index is 318. The van der Waals surface area contributed by atoms with Crippen molar-refractivity contribution in [1.29, 1.82) is 0 Å². The van der Waals surface area contributed by atoms with Crippen LogP contribution in [0, 0.1) is 0 Å². The van der Waals surface area contributed by atoms with Gasteiger partial charge >= 0.3 is 6.18 Å². The van der Waals surface area contributed by atoms with Crippen LogP contribution in [-0.4, -0.2) is 16.1 Å². The molecule has 1 heterocycles. The van der Waals surface area contributed by atoms with Crippen molar-refractivity contribution in [3.63, 3.8) is 0 Å². The van der Waals surface area contributed by atoms with Crippen molar-refractivity contribution in [2.45, 2.75) is 25.4 Å². The molecular formula is C8H8BrF3N2. The highest BCUT2D eigenvalue weighted by molar-refractivity contribution is 9.10. The molecule has 0 N–H and O–H groups in total. The lowest BCUT2D eigenvalue weighted by molar-refractivity contribution is -0.182. The molecule has 1 aromatic heterocycles. The fourth-order valence-corrected chi connectivity index (χ4v) is 0.967. The Morgan fingerprint density at radius 1 is 1.14 bits per heavy atom. The summed E-state index contributed by atoms with van der Waals surface area (Å²) in [6.45, 7) is 2.10. The minimum absolute atomic E-state index is 0.229. The van der Waals surface area contributed by atoms with Gasteiger partial charge in [0.15, 0.2) is 0 Å². The molecule has 0 amide bonds. The first kappa shape index (κ1) is 11.4. The Hall–Kier alpha value is -0.650. The van der Waals surface area contributed by atoms with Crippen LogP contribution >= 0.6 is 15.9 Å². The average Bonchev–Trinajstić information content (AvgIpc) is 2.03. The van der Waals surface area contributed by atoms with Crippen LogP contribution < -0.4 is 0 Å². The fourth-order valence-electron chi connectivity index (χ4n) is 0.762. The van der Waals surface area contributed by atoms with Gasteiger partial charge in [-0.15, -0.1) is 0 Å². The number of aromatic nitrogens is 2. The molecule has 0 saturated carbocycles. The molecule has 0 aliphatic heterocycles. The normalized spacial score (nSPS) is 13.0. The van der Waals surface area contributed by atoms with Gasteiger partial charge in [0.2, 0.25) is 0 Å². The van der Waals surface area contributed by atoms with Crippen LogP contribution in [0.2, 0.25) is 0 Å². The van der Waals surface area contributed by atoms with Crippen molar-refractivity contribution >= 4 is 15.9 Å². The fraction of sp³-hybridized carbons (Fsp3) is 0.500. The quantitative estimate of drug-likeness (QED) is 0.783. The Kier molecular flexibility index (Phi) is 2.85. The number of alkyl halides is 3. The van der Waals surface area contributed by atoms with E-state index in [2.05, 4.69) is 25.9 Å². The first-order chi connectivity index (χ1) is 6.25.